The van der Waals surface area contributed by atoms with Crippen LogP contribution in [0.5, 0.6) is 0 Å². The highest BCUT2D eigenvalue weighted by molar-refractivity contribution is 8.23. The van der Waals surface area contributed by atoms with Gasteiger partial charge in [-0.2, -0.15) is 10.6 Å². The van der Waals surface area contributed by atoms with E-state index in [1.807, 2.05) is 0 Å². The summed E-state index contributed by atoms with van der Waals surface area (Å²) in [6.07, 6.45) is 1.20. The molecule has 0 saturated heterocycles. The number of benzene rings is 1. The Balaban J connectivity index is 3.04. The van der Waals surface area contributed by atoms with Crippen LogP contribution in [0.2, 0.25) is 0 Å². The Kier molecular flexibility index (Phi) is 3.14. The fourth-order valence-electron chi connectivity index (χ4n) is 1.09. The van der Waals surface area contributed by atoms with Gasteiger partial charge in [0.25, 0.3) is 0 Å². The summed E-state index contributed by atoms with van der Waals surface area (Å²) in [5.74, 6) is -1.40. The molecule has 0 amide bonds. The summed E-state index contributed by atoms with van der Waals surface area (Å²) >= 11 is 0. The lowest BCUT2D eigenvalue weighted by molar-refractivity contribution is 0.491. The van der Waals surface area contributed by atoms with Gasteiger partial charge < -0.3 is 0 Å². The van der Waals surface area contributed by atoms with E-state index in [4.69, 9.17) is 9.11 Å². The van der Waals surface area contributed by atoms with Crippen molar-refractivity contribution in [3.8, 4) is 0 Å². The molecule has 0 aliphatic heterocycles. The maximum atomic E-state index is 13.2. The predicted molar refractivity (Wildman–Crippen MR) is 53.6 cm³/mol. The van der Waals surface area contributed by atoms with E-state index in [2.05, 4.69) is 0 Å². The van der Waals surface area contributed by atoms with Crippen molar-refractivity contribution in [2.45, 2.75) is 12.7 Å². The second-order valence-electron chi connectivity index (χ2n) is 3.33. The molecule has 80 valence electrons. The Bertz CT molecular complexity index is 347. The summed E-state index contributed by atoms with van der Waals surface area (Å²) in [7, 11) is -2.84. The van der Waals surface area contributed by atoms with E-state index < -0.39 is 22.2 Å². The highest BCUT2D eigenvalue weighted by Crippen LogP contribution is 2.38. The Labute approximate surface area is 82.9 Å². The average molecular weight is 222 g/mol. The number of aryl methyl sites for hydroxylation is 1. The Morgan fingerprint density at radius 3 is 2.29 bits per heavy atom. The third kappa shape index (κ3) is 2.94. The first kappa shape index (κ1) is 11.4. The summed E-state index contributed by atoms with van der Waals surface area (Å²) in [5.41, 5.74) is 0.203. The standard InChI is InChI=1S/C9H12F2O2S/c1-6-3-9(11)7(4-8(6)10)5-14(2,12)13/h3-4,12-13H,5H2,1-2H3. The van der Waals surface area contributed by atoms with Crippen LogP contribution in [0.1, 0.15) is 11.1 Å². The van der Waals surface area contributed by atoms with E-state index in [-0.39, 0.29) is 16.9 Å². The largest absolute Gasteiger partial charge is 0.299 e. The molecule has 0 aliphatic carbocycles. The lowest BCUT2D eigenvalue weighted by Crippen LogP contribution is -2.02. The van der Waals surface area contributed by atoms with E-state index in [1.165, 1.54) is 13.2 Å². The van der Waals surface area contributed by atoms with Gasteiger partial charge in [-0.05, 0) is 24.6 Å². The van der Waals surface area contributed by atoms with Crippen LogP contribution in [0.3, 0.4) is 0 Å². The van der Waals surface area contributed by atoms with Gasteiger partial charge in [-0.1, -0.05) is 0 Å². The first-order chi connectivity index (χ1) is 6.29. The first-order valence-electron chi connectivity index (χ1n) is 3.95. The zero-order chi connectivity index (χ0) is 10.9. The monoisotopic (exact) mass is 222 g/mol. The molecule has 0 bridgehead atoms. The van der Waals surface area contributed by atoms with Crippen LogP contribution in [0.15, 0.2) is 12.1 Å². The average Bonchev–Trinajstić information content (AvgIpc) is 1.97. The molecule has 0 radical (unpaired) electrons. The molecule has 14 heavy (non-hydrogen) atoms. The second kappa shape index (κ2) is 3.84. The molecule has 5 heteroatoms. The normalized spacial score (nSPS) is 13.0. The van der Waals surface area contributed by atoms with Crippen molar-refractivity contribution in [3.05, 3.63) is 34.9 Å². The molecular weight excluding hydrogens is 210 g/mol. The summed E-state index contributed by atoms with van der Waals surface area (Å²) in [6, 6.07) is 2.05. The number of hydrogen-bond acceptors (Lipinski definition) is 2. The predicted octanol–water partition coefficient (Wildman–Crippen LogP) is 3.15. The minimum absolute atomic E-state index is 0.00407. The molecule has 0 saturated carbocycles. The van der Waals surface area contributed by atoms with Crippen molar-refractivity contribution < 1.29 is 17.9 Å². The summed E-state index contributed by atoms with van der Waals surface area (Å²) in [4.78, 5) is 0. The van der Waals surface area contributed by atoms with Crippen molar-refractivity contribution in [2.24, 2.45) is 0 Å². The maximum absolute atomic E-state index is 13.2. The molecule has 2 nitrogen and oxygen atoms in total. The lowest BCUT2D eigenvalue weighted by atomic mass is 10.1. The first-order valence-corrected chi connectivity index (χ1v) is 6.07. The van der Waals surface area contributed by atoms with Crippen LogP contribution >= 0.6 is 10.6 Å². The SMILES string of the molecule is Cc1cc(F)c(CS(C)(O)O)cc1F. The van der Waals surface area contributed by atoms with Gasteiger partial charge in [0.2, 0.25) is 0 Å². The van der Waals surface area contributed by atoms with Gasteiger partial charge in [0.05, 0.1) is 5.75 Å². The van der Waals surface area contributed by atoms with Crippen molar-refractivity contribution in [2.75, 3.05) is 6.26 Å². The molecule has 0 atom stereocenters. The Hall–Kier alpha value is -0.650. The van der Waals surface area contributed by atoms with Crippen LogP contribution in [-0.2, 0) is 5.75 Å². The summed E-state index contributed by atoms with van der Waals surface area (Å²) in [5, 5.41) is 0. The molecule has 0 spiro atoms. The van der Waals surface area contributed by atoms with Crippen LogP contribution in [0, 0.1) is 18.6 Å². The third-order valence-corrected chi connectivity index (χ3v) is 2.61. The van der Waals surface area contributed by atoms with Gasteiger partial charge >= 0.3 is 0 Å². The minimum atomic E-state index is -2.84. The Morgan fingerprint density at radius 2 is 1.79 bits per heavy atom. The van der Waals surface area contributed by atoms with Gasteiger partial charge in [0.15, 0.2) is 0 Å². The Morgan fingerprint density at radius 1 is 1.21 bits per heavy atom. The molecule has 1 aromatic carbocycles. The third-order valence-electron chi connectivity index (χ3n) is 1.76. The summed E-state index contributed by atoms with van der Waals surface area (Å²) < 4.78 is 44.4. The zero-order valence-corrected chi connectivity index (χ0v) is 8.74. The fraction of sp³-hybridized carbons (Fsp3) is 0.333. The van der Waals surface area contributed by atoms with Crippen LogP contribution in [-0.4, -0.2) is 15.4 Å². The van der Waals surface area contributed by atoms with Gasteiger partial charge in [-0.25, -0.2) is 8.78 Å². The zero-order valence-electron chi connectivity index (χ0n) is 7.92. The maximum Gasteiger partial charge on any atom is 0.128 e. The van der Waals surface area contributed by atoms with E-state index in [1.54, 1.807) is 0 Å². The van der Waals surface area contributed by atoms with Crippen molar-refractivity contribution in [1.82, 2.24) is 0 Å². The van der Waals surface area contributed by atoms with Gasteiger partial charge in [0.1, 0.15) is 11.6 Å². The van der Waals surface area contributed by atoms with Crippen molar-refractivity contribution in [1.29, 1.82) is 0 Å². The van der Waals surface area contributed by atoms with E-state index >= 15 is 0 Å². The molecule has 2 N–H and O–H groups in total. The smallest absolute Gasteiger partial charge is 0.128 e. The molecule has 0 heterocycles. The van der Waals surface area contributed by atoms with E-state index in [0.717, 1.165) is 12.1 Å². The molecule has 0 fully saturated rings. The second-order valence-corrected chi connectivity index (χ2v) is 5.61. The van der Waals surface area contributed by atoms with Crippen LogP contribution < -0.4 is 0 Å². The van der Waals surface area contributed by atoms with Gasteiger partial charge in [-0.15, -0.1) is 0 Å². The molecule has 1 aromatic rings. The quantitative estimate of drug-likeness (QED) is 0.807. The molecular formula is C9H12F2O2S. The number of rotatable bonds is 2. The lowest BCUT2D eigenvalue weighted by Gasteiger charge is -2.26. The van der Waals surface area contributed by atoms with Gasteiger partial charge in [0, 0.05) is 11.8 Å². The topological polar surface area (TPSA) is 40.5 Å². The van der Waals surface area contributed by atoms with Crippen molar-refractivity contribution in [3.63, 3.8) is 0 Å². The van der Waals surface area contributed by atoms with Crippen LogP contribution in [0.25, 0.3) is 0 Å². The molecule has 0 aliphatic rings. The highest BCUT2D eigenvalue weighted by Gasteiger charge is 2.12. The van der Waals surface area contributed by atoms with Crippen LogP contribution in [0.4, 0.5) is 8.78 Å². The number of halogens is 2. The highest BCUT2D eigenvalue weighted by atomic mass is 32.3. The van der Waals surface area contributed by atoms with E-state index in [9.17, 15) is 8.78 Å². The van der Waals surface area contributed by atoms with Gasteiger partial charge in [-0.3, -0.25) is 9.11 Å². The molecule has 0 aromatic heterocycles. The minimum Gasteiger partial charge on any atom is -0.299 e. The summed E-state index contributed by atoms with van der Waals surface area (Å²) in [6.45, 7) is 1.45. The molecule has 1 rings (SSSR count). The fourth-order valence-corrected chi connectivity index (χ4v) is 1.90. The molecule has 0 unspecified atom stereocenters. The van der Waals surface area contributed by atoms with E-state index in [0.29, 0.717) is 0 Å². The van der Waals surface area contributed by atoms with Crippen molar-refractivity contribution >= 4 is 10.6 Å². The number of hydrogen-bond donors (Lipinski definition) is 2.